The largest absolute Gasteiger partial charge is 0.369 e. The number of nitrogens with two attached hydrogens (primary N) is 1. The van der Waals surface area contributed by atoms with Gasteiger partial charge in [-0.1, -0.05) is 45.1 Å². The molecule has 3 aliphatic rings. The van der Waals surface area contributed by atoms with Crippen molar-refractivity contribution in [3.8, 4) is 0 Å². The number of benzene rings is 1. The molecule has 5 N–H and O–H groups in total. The second kappa shape index (κ2) is 7.25. The topological polar surface area (TPSA) is 105 Å². The Bertz CT molecular complexity index is 1040. The van der Waals surface area contributed by atoms with Crippen LogP contribution in [0.1, 0.15) is 38.3 Å². The van der Waals surface area contributed by atoms with Crippen molar-refractivity contribution in [1.29, 1.82) is 0 Å². The molecule has 0 saturated heterocycles. The number of rotatable bonds is 5. The molecule has 2 bridgehead atoms. The molecule has 1 aliphatic heterocycles. The summed E-state index contributed by atoms with van der Waals surface area (Å²) in [7, 11) is 0. The fourth-order valence-corrected chi connectivity index (χ4v) is 5.10. The molecule has 31 heavy (non-hydrogen) atoms. The Kier molecular flexibility index (Phi) is 4.64. The highest BCUT2D eigenvalue weighted by Crippen LogP contribution is 2.45. The Morgan fingerprint density at radius 3 is 2.58 bits per heavy atom. The molecule has 0 spiro atoms. The summed E-state index contributed by atoms with van der Waals surface area (Å²) in [6.45, 7) is 7.44. The third-order valence-corrected chi connectivity index (χ3v) is 6.77. The summed E-state index contributed by atoms with van der Waals surface area (Å²) >= 11 is 0. The minimum absolute atomic E-state index is 0.0222. The molecule has 0 radical (unpaired) electrons. The molecular weight excluding hydrogens is 388 g/mol. The van der Waals surface area contributed by atoms with Gasteiger partial charge in [-0.25, -0.2) is 0 Å². The van der Waals surface area contributed by atoms with Crippen LogP contribution >= 0.6 is 0 Å². The van der Waals surface area contributed by atoms with Crippen molar-refractivity contribution < 1.29 is 4.79 Å². The second-order valence-electron chi connectivity index (χ2n) is 9.90. The lowest BCUT2D eigenvalue weighted by molar-refractivity contribution is -0.122. The van der Waals surface area contributed by atoms with Crippen LogP contribution in [0, 0.1) is 17.8 Å². The molecule has 162 valence electrons. The maximum absolute atomic E-state index is 12.1. The monoisotopic (exact) mass is 418 g/mol. The van der Waals surface area contributed by atoms with E-state index in [-0.39, 0.29) is 29.2 Å². The van der Waals surface area contributed by atoms with Gasteiger partial charge >= 0.3 is 0 Å². The fourth-order valence-electron chi connectivity index (χ4n) is 5.10. The highest BCUT2D eigenvalue weighted by atomic mass is 16.1. The van der Waals surface area contributed by atoms with Gasteiger partial charge in [-0.2, -0.15) is 9.97 Å². The van der Waals surface area contributed by atoms with Crippen molar-refractivity contribution in [1.82, 2.24) is 9.97 Å². The number of nitrogens with one attached hydrogen (secondary N) is 3. The van der Waals surface area contributed by atoms with E-state index in [1.165, 1.54) is 5.56 Å². The molecule has 5 rings (SSSR count). The lowest BCUT2D eigenvalue weighted by Gasteiger charge is -2.28. The van der Waals surface area contributed by atoms with Gasteiger partial charge in [0.1, 0.15) is 11.6 Å². The number of amides is 1. The van der Waals surface area contributed by atoms with Crippen LogP contribution in [0.25, 0.3) is 0 Å². The highest BCUT2D eigenvalue weighted by Gasteiger charge is 2.47. The zero-order valence-electron chi connectivity index (χ0n) is 18.3. The summed E-state index contributed by atoms with van der Waals surface area (Å²) in [5, 5.41) is 10.3. The van der Waals surface area contributed by atoms with Crippen molar-refractivity contribution in [3.63, 3.8) is 0 Å². The molecule has 1 amide bonds. The highest BCUT2D eigenvalue weighted by molar-refractivity contribution is 5.80. The van der Waals surface area contributed by atoms with E-state index >= 15 is 0 Å². The van der Waals surface area contributed by atoms with E-state index in [0.29, 0.717) is 11.9 Å². The molecular formula is C24H30N6O. The minimum Gasteiger partial charge on any atom is -0.369 e. The van der Waals surface area contributed by atoms with Crippen LogP contribution in [-0.2, 0) is 16.6 Å². The van der Waals surface area contributed by atoms with Gasteiger partial charge < -0.3 is 21.7 Å². The van der Waals surface area contributed by atoms with Crippen molar-refractivity contribution in [3.05, 3.63) is 47.5 Å². The predicted octanol–water partition coefficient (Wildman–Crippen LogP) is 3.57. The molecule has 2 heterocycles. The van der Waals surface area contributed by atoms with Gasteiger partial charge in [-0.15, -0.1) is 0 Å². The fraction of sp³-hybridized carbons (Fsp3) is 0.458. The molecule has 1 aromatic carbocycles. The molecule has 4 atom stereocenters. The molecule has 2 aromatic rings. The van der Waals surface area contributed by atoms with Gasteiger partial charge in [0.2, 0.25) is 11.9 Å². The summed E-state index contributed by atoms with van der Waals surface area (Å²) in [5.41, 5.74) is 9.14. The second-order valence-corrected chi connectivity index (χ2v) is 9.90. The summed E-state index contributed by atoms with van der Waals surface area (Å²) in [4.78, 5) is 21.6. The molecule has 2 aliphatic carbocycles. The molecule has 1 saturated carbocycles. The van der Waals surface area contributed by atoms with Crippen LogP contribution < -0.4 is 21.7 Å². The maximum atomic E-state index is 12.1. The summed E-state index contributed by atoms with van der Waals surface area (Å²) in [6.07, 6.45) is 6.17. The first-order chi connectivity index (χ1) is 14.8. The number of nitrogens with zero attached hydrogens (tertiary/aromatic N) is 2. The van der Waals surface area contributed by atoms with Gasteiger partial charge in [0.15, 0.2) is 0 Å². The third-order valence-electron chi connectivity index (χ3n) is 6.77. The molecule has 4 unspecified atom stereocenters. The van der Waals surface area contributed by atoms with Crippen LogP contribution in [0.3, 0.4) is 0 Å². The predicted molar refractivity (Wildman–Crippen MR) is 123 cm³/mol. The number of hydrogen-bond acceptors (Lipinski definition) is 6. The van der Waals surface area contributed by atoms with E-state index in [1.54, 1.807) is 0 Å². The quantitative estimate of drug-likeness (QED) is 0.553. The average Bonchev–Trinajstić information content (AvgIpc) is 3.43. The Balaban J connectivity index is 1.42. The van der Waals surface area contributed by atoms with E-state index < -0.39 is 0 Å². The summed E-state index contributed by atoms with van der Waals surface area (Å²) < 4.78 is 0. The van der Waals surface area contributed by atoms with E-state index in [9.17, 15) is 4.79 Å². The number of carbonyl (C=O) groups is 1. The minimum atomic E-state index is -0.240. The van der Waals surface area contributed by atoms with E-state index in [0.717, 1.165) is 42.3 Å². The van der Waals surface area contributed by atoms with Gasteiger partial charge in [0.05, 0.1) is 5.92 Å². The summed E-state index contributed by atoms with van der Waals surface area (Å²) in [5.74, 6) is 2.28. The smallest absolute Gasteiger partial charge is 0.231 e. The van der Waals surface area contributed by atoms with Crippen LogP contribution in [0.5, 0.6) is 0 Å². The Hall–Kier alpha value is -3.09. The first kappa shape index (κ1) is 19.8. The molecule has 7 nitrogen and oxygen atoms in total. The Morgan fingerprint density at radius 2 is 1.87 bits per heavy atom. The number of fused-ring (bicyclic) bond motifs is 3. The average molecular weight is 419 g/mol. The summed E-state index contributed by atoms with van der Waals surface area (Å²) in [6, 6.07) is 8.35. The number of anilines is 4. The van der Waals surface area contributed by atoms with Crippen molar-refractivity contribution in [2.75, 3.05) is 22.5 Å². The van der Waals surface area contributed by atoms with Crippen molar-refractivity contribution in [2.45, 2.75) is 45.1 Å². The number of primary amides is 1. The SMILES string of the molecule is CC(C)(C)c1ccc(Nc2nc3c(c(NC4C5C=CC(C5)C4C(N)=O)n2)CCN3)cc1. The normalized spacial score (nSPS) is 25.9. The van der Waals surface area contributed by atoms with Crippen molar-refractivity contribution in [2.24, 2.45) is 23.5 Å². The number of allylic oxidation sites excluding steroid dienone is 1. The van der Waals surface area contributed by atoms with E-state index in [1.807, 2.05) is 0 Å². The molecule has 1 fully saturated rings. The maximum Gasteiger partial charge on any atom is 0.231 e. The Morgan fingerprint density at radius 1 is 1.13 bits per heavy atom. The molecule has 7 heteroatoms. The van der Waals surface area contributed by atoms with Gasteiger partial charge in [-0.05, 0) is 47.8 Å². The zero-order valence-corrected chi connectivity index (χ0v) is 18.3. The van der Waals surface area contributed by atoms with Gasteiger partial charge in [0.25, 0.3) is 0 Å². The van der Waals surface area contributed by atoms with E-state index in [4.69, 9.17) is 10.7 Å². The van der Waals surface area contributed by atoms with Gasteiger partial charge in [0, 0.05) is 23.8 Å². The van der Waals surface area contributed by atoms with Crippen LogP contribution in [0.2, 0.25) is 0 Å². The van der Waals surface area contributed by atoms with Gasteiger partial charge in [-0.3, -0.25) is 4.79 Å². The van der Waals surface area contributed by atoms with Crippen molar-refractivity contribution >= 4 is 29.2 Å². The number of hydrogen-bond donors (Lipinski definition) is 4. The van der Waals surface area contributed by atoms with Crippen LogP contribution in [-0.4, -0.2) is 28.5 Å². The number of aromatic nitrogens is 2. The van der Waals surface area contributed by atoms with Crippen LogP contribution in [0.4, 0.5) is 23.3 Å². The lowest BCUT2D eigenvalue weighted by Crippen LogP contribution is -2.41. The lowest BCUT2D eigenvalue weighted by atomic mass is 9.87. The van der Waals surface area contributed by atoms with Crippen LogP contribution in [0.15, 0.2) is 36.4 Å². The standard InChI is InChI=1S/C24H30N6O/c1-24(2,3)15-6-8-16(9-7-15)27-23-29-21-17(10-11-26-21)22(30-23)28-19-14-5-4-13(12-14)18(19)20(25)31/h4-9,13-14,18-19H,10-12H2,1-3H3,(H2,25,31)(H3,26,27,28,29,30). The zero-order chi connectivity index (χ0) is 21.8. The first-order valence-electron chi connectivity index (χ1n) is 11.1. The van der Waals surface area contributed by atoms with E-state index in [2.05, 4.69) is 78.1 Å². The first-order valence-corrected chi connectivity index (χ1v) is 11.1. The molecule has 1 aromatic heterocycles. The third kappa shape index (κ3) is 3.62. The Labute approximate surface area is 182 Å². The number of carbonyl (C=O) groups excluding carboxylic acids is 1.